The quantitative estimate of drug-likeness (QED) is 0.474. The van der Waals surface area contributed by atoms with Gasteiger partial charge >= 0.3 is 0 Å². The molecule has 8 heteroatoms. The van der Waals surface area contributed by atoms with E-state index in [0.29, 0.717) is 21.5 Å². The maximum Gasteiger partial charge on any atom is 0.263 e. The summed E-state index contributed by atoms with van der Waals surface area (Å²) in [6.45, 7) is 3.50. The molecule has 6 nitrogen and oxygen atoms in total. The van der Waals surface area contributed by atoms with E-state index in [1.807, 2.05) is 6.92 Å². The fourth-order valence-corrected chi connectivity index (χ4v) is 4.28. The number of rotatable bonds is 4. The van der Waals surface area contributed by atoms with Crippen LogP contribution in [0.3, 0.4) is 0 Å². The van der Waals surface area contributed by atoms with Crippen LogP contribution in [-0.2, 0) is 4.79 Å². The van der Waals surface area contributed by atoms with Crippen LogP contribution in [0.25, 0.3) is 21.3 Å². The van der Waals surface area contributed by atoms with E-state index in [2.05, 4.69) is 10.3 Å². The molecule has 0 aliphatic rings. The highest BCUT2D eigenvalue weighted by Crippen LogP contribution is 2.35. The van der Waals surface area contributed by atoms with Crippen molar-refractivity contribution in [3.63, 3.8) is 0 Å². The minimum absolute atomic E-state index is 0.0908. The van der Waals surface area contributed by atoms with Crippen LogP contribution in [0.15, 0.2) is 59.7 Å². The van der Waals surface area contributed by atoms with E-state index < -0.39 is 6.04 Å². The Balaban J connectivity index is 1.74. The van der Waals surface area contributed by atoms with Gasteiger partial charge in [-0.1, -0.05) is 12.1 Å². The summed E-state index contributed by atoms with van der Waals surface area (Å²) >= 11 is 1.38. The number of carbonyl (C=O) groups is 1. The van der Waals surface area contributed by atoms with E-state index in [4.69, 9.17) is 0 Å². The molecule has 1 unspecified atom stereocenters. The molecule has 0 saturated heterocycles. The summed E-state index contributed by atoms with van der Waals surface area (Å²) in [5.41, 5.74) is 1.59. The van der Waals surface area contributed by atoms with Gasteiger partial charge in [0.2, 0.25) is 5.91 Å². The van der Waals surface area contributed by atoms with Gasteiger partial charge in [0.25, 0.3) is 5.56 Å². The van der Waals surface area contributed by atoms with Crippen LogP contribution in [0.5, 0.6) is 5.75 Å². The number of benzene rings is 2. The van der Waals surface area contributed by atoms with Gasteiger partial charge in [0, 0.05) is 16.1 Å². The lowest BCUT2D eigenvalue weighted by Crippen LogP contribution is -2.31. The van der Waals surface area contributed by atoms with Gasteiger partial charge in [0.15, 0.2) is 0 Å². The summed E-state index contributed by atoms with van der Waals surface area (Å²) in [4.78, 5) is 31.8. The zero-order valence-electron chi connectivity index (χ0n) is 16.2. The number of amides is 1. The Morgan fingerprint density at radius 1 is 1.17 bits per heavy atom. The molecule has 0 saturated carbocycles. The Kier molecular flexibility index (Phi) is 5.09. The largest absolute Gasteiger partial charge is 0.508 e. The average Bonchev–Trinajstić information content (AvgIpc) is 3.07. The first kappa shape index (κ1) is 19.8. The molecule has 30 heavy (non-hydrogen) atoms. The Hall–Kier alpha value is -3.52. The molecule has 152 valence electrons. The van der Waals surface area contributed by atoms with Crippen LogP contribution in [0.2, 0.25) is 0 Å². The zero-order chi connectivity index (χ0) is 21.4. The number of carbonyl (C=O) groups excluding carboxylic acids is 1. The van der Waals surface area contributed by atoms with Gasteiger partial charge in [0.05, 0.1) is 11.7 Å². The number of aromatic nitrogens is 2. The van der Waals surface area contributed by atoms with Gasteiger partial charge in [0.1, 0.15) is 22.4 Å². The maximum atomic E-state index is 13.3. The van der Waals surface area contributed by atoms with Crippen LogP contribution >= 0.6 is 11.3 Å². The van der Waals surface area contributed by atoms with Crippen molar-refractivity contribution in [3.8, 4) is 16.9 Å². The molecular formula is C22H18FN3O3S. The van der Waals surface area contributed by atoms with Gasteiger partial charge < -0.3 is 10.4 Å². The molecule has 4 rings (SSSR count). The van der Waals surface area contributed by atoms with Crippen molar-refractivity contribution in [3.05, 3.63) is 75.9 Å². The van der Waals surface area contributed by atoms with Crippen LogP contribution < -0.4 is 10.9 Å². The molecule has 0 bridgehead atoms. The lowest BCUT2D eigenvalue weighted by Gasteiger charge is -2.15. The topological polar surface area (TPSA) is 84.2 Å². The number of nitrogens with one attached hydrogen (secondary N) is 1. The number of phenols is 1. The van der Waals surface area contributed by atoms with Crippen molar-refractivity contribution in [1.82, 2.24) is 9.55 Å². The van der Waals surface area contributed by atoms with Crippen LogP contribution in [-0.4, -0.2) is 20.6 Å². The predicted molar refractivity (Wildman–Crippen MR) is 115 cm³/mol. The number of fused-ring (bicyclic) bond motifs is 1. The number of aryl methyl sites for hydroxylation is 1. The highest BCUT2D eigenvalue weighted by atomic mass is 32.1. The second-order valence-electron chi connectivity index (χ2n) is 6.89. The van der Waals surface area contributed by atoms with E-state index in [9.17, 15) is 19.1 Å². The lowest BCUT2D eigenvalue weighted by atomic mass is 10.0. The van der Waals surface area contributed by atoms with E-state index in [1.54, 1.807) is 31.2 Å². The Morgan fingerprint density at radius 3 is 2.50 bits per heavy atom. The number of anilines is 1. The van der Waals surface area contributed by atoms with Crippen LogP contribution in [0, 0.1) is 12.7 Å². The summed E-state index contributed by atoms with van der Waals surface area (Å²) in [6, 6.07) is 11.2. The van der Waals surface area contributed by atoms with Crippen LogP contribution in [0.1, 0.15) is 17.8 Å². The highest BCUT2D eigenvalue weighted by molar-refractivity contribution is 7.19. The summed E-state index contributed by atoms with van der Waals surface area (Å²) < 4.78 is 14.6. The summed E-state index contributed by atoms with van der Waals surface area (Å²) in [7, 11) is 0. The number of aromatic hydroxyl groups is 1. The average molecular weight is 423 g/mol. The normalized spacial score (nSPS) is 12.1. The van der Waals surface area contributed by atoms with Gasteiger partial charge in [-0.3, -0.25) is 14.2 Å². The first-order chi connectivity index (χ1) is 14.3. The molecule has 2 aromatic carbocycles. The van der Waals surface area contributed by atoms with Gasteiger partial charge in [-0.25, -0.2) is 9.37 Å². The fraction of sp³-hybridized carbons (Fsp3) is 0.136. The third kappa shape index (κ3) is 3.57. The second kappa shape index (κ2) is 7.72. The summed E-state index contributed by atoms with van der Waals surface area (Å²) in [6.07, 6.45) is 1.37. The van der Waals surface area contributed by atoms with E-state index in [0.717, 1.165) is 10.4 Å². The highest BCUT2D eigenvalue weighted by Gasteiger charge is 2.22. The van der Waals surface area contributed by atoms with Crippen molar-refractivity contribution in [1.29, 1.82) is 0 Å². The number of hydrogen-bond donors (Lipinski definition) is 2. The molecule has 0 spiro atoms. The summed E-state index contributed by atoms with van der Waals surface area (Å²) in [5, 5.41) is 12.5. The predicted octanol–water partition coefficient (Wildman–Crippen LogP) is 4.48. The molecule has 1 atom stereocenters. The fourth-order valence-electron chi connectivity index (χ4n) is 3.27. The minimum atomic E-state index is -0.815. The van der Waals surface area contributed by atoms with E-state index in [1.165, 1.54) is 46.5 Å². The molecule has 0 aliphatic carbocycles. The van der Waals surface area contributed by atoms with Crippen molar-refractivity contribution >= 4 is 33.1 Å². The lowest BCUT2D eigenvalue weighted by molar-refractivity contribution is -0.118. The van der Waals surface area contributed by atoms with Gasteiger partial charge in [-0.15, -0.1) is 11.3 Å². The van der Waals surface area contributed by atoms with Crippen molar-refractivity contribution in [2.24, 2.45) is 0 Å². The number of halogens is 1. The SMILES string of the molecule is Cc1sc2ncn(C(C)C(=O)Nc3ccc(O)cc3)c(=O)c2c1-c1ccc(F)cc1. The number of phenolic OH excluding ortho intramolecular Hbond substituents is 1. The Bertz CT molecular complexity index is 1290. The molecule has 2 heterocycles. The standard InChI is InChI=1S/C22H18FN3O3S/c1-12(20(28)25-16-7-9-17(27)10-8-16)26-11-24-21-19(22(26)29)18(13(2)30-21)14-3-5-15(23)6-4-14/h3-12,27H,1-2H3,(H,25,28). The smallest absolute Gasteiger partial charge is 0.263 e. The summed E-state index contributed by atoms with van der Waals surface area (Å²) in [5.74, 6) is -0.654. The van der Waals surface area contributed by atoms with E-state index >= 15 is 0 Å². The number of hydrogen-bond acceptors (Lipinski definition) is 5. The molecule has 1 amide bonds. The molecule has 0 radical (unpaired) electrons. The number of thiophene rings is 1. The third-order valence-corrected chi connectivity index (χ3v) is 5.89. The first-order valence-electron chi connectivity index (χ1n) is 9.21. The van der Waals surface area contributed by atoms with Crippen molar-refractivity contribution < 1.29 is 14.3 Å². The first-order valence-corrected chi connectivity index (χ1v) is 10.0. The van der Waals surface area contributed by atoms with E-state index in [-0.39, 0.29) is 23.0 Å². The monoisotopic (exact) mass is 423 g/mol. The molecule has 0 aliphatic heterocycles. The molecular weight excluding hydrogens is 405 g/mol. The molecule has 4 aromatic rings. The zero-order valence-corrected chi connectivity index (χ0v) is 17.0. The minimum Gasteiger partial charge on any atom is -0.508 e. The van der Waals surface area contributed by atoms with Crippen molar-refractivity contribution in [2.75, 3.05) is 5.32 Å². The Morgan fingerprint density at radius 2 is 1.83 bits per heavy atom. The van der Waals surface area contributed by atoms with Crippen LogP contribution in [0.4, 0.5) is 10.1 Å². The molecule has 2 N–H and O–H groups in total. The maximum absolute atomic E-state index is 13.3. The van der Waals surface area contributed by atoms with Gasteiger partial charge in [-0.05, 0) is 55.8 Å². The number of nitrogens with zero attached hydrogens (tertiary/aromatic N) is 2. The molecule has 0 fully saturated rings. The molecule has 2 aromatic heterocycles. The van der Waals surface area contributed by atoms with Crippen molar-refractivity contribution in [2.45, 2.75) is 19.9 Å². The second-order valence-corrected chi connectivity index (χ2v) is 8.09. The Labute approximate surface area is 175 Å². The third-order valence-electron chi connectivity index (χ3n) is 4.88. The van der Waals surface area contributed by atoms with Gasteiger partial charge in [-0.2, -0.15) is 0 Å².